The van der Waals surface area contributed by atoms with Crippen LogP contribution in [-0.2, 0) is 16.6 Å². The van der Waals surface area contributed by atoms with Crippen LogP contribution in [0.15, 0.2) is 23.2 Å². The molecule has 160 valence electrons. The van der Waals surface area contributed by atoms with Crippen LogP contribution in [0.5, 0.6) is 5.75 Å². The number of hydrogen-bond acceptors (Lipinski definition) is 4. The van der Waals surface area contributed by atoms with E-state index in [0.29, 0.717) is 32.2 Å². The third-order valence-electron chi connectivity index (χ3n) is 4.61. The van der Waals surface area contributed by atoms with Crippen LogP contribution in [0.3, 0.4) is 0 Å². The molecule has 0 aliphatic carbocycles. The zero-order valence-electron chi connectivity index (χ0n) is 17.2. The standard InChI is InChI=1S/C19H32N4O3S.HI/c1-5-11-26-18-12-15(2)8-9-16(18)13-21-19(20-3)22-14-17-7-6-10-23(17)27(4,24)25;/h8-9,12,17H,5-7,10-11,13-14H2,1-4H3,(H2,20,21,22);1H/t17-;/m1./s1. The smallest absolute Gasteiger partial charge is 0.211 e. The van der Waals surface area contributed by atoms with Gasteiger partial charge < -0.3 is 15.4 Å². The Morgan fingerprint density at radius 1 is 1.36 bits per heavy atom. The SMILES string of the molecule is CCCOc1cc(C)ccc1CNC(=NC)NC[C@H]1CCCN1S(C)(=O)=O.I. The lowest BCUT2D eigenvalue weighted by molar-refractivity contribution is 0.313. The minimum absolute atomic E-state index is 0. The molecule has 1 aromatic rings. The first-order valence-electron chi connectivity index (χ1n) is 9.48. The van der Waals surface area contributed by atoms with Gasteiger partial charge in [-0.2, -0.15) is 4.31 Å². The molecule has 0 spiro atoms. The maximum Gasteiger partial charge on any atom is 0.211 e. The van der Waals surface area contributed by atoms with Crippen molar-refractivity contribution < 1.29 is 13.2 Å². The Kier molecular flexibility index (Phi) is 10.5. The Labute approximate surface area is 186 Å². The fourth-order valence-corrected chi connectivity index (χ4v) is 4.40. The largest absolute Gasteiger partial charge is 0.493 e. The molecule has 1 saturated heterocycles. The van der Waals surface area contributed by atoms with Gasteiger partial charge in [-0.3, -0.25) is 4.99 Å². The fraction of sp³-hybridized carbons (Fsp3) is 0.632. The van der Waals surface area contributed by atoms with Crippen molar-refractivity contribution in [3.8, 4) is 5.75 Å². The van der Waals surface area contributed by atoms with Gasteiger partial charge in [0.25, 0.3) is 0 Å². The number of guanidine groups is 1. The first-order chi connectivity index (χ1) is 12.8. The van der Waals surface area contributed by atoms with Gasteiger partial charge in [-0.05, 0) is 37.8 Å². The topological polar surface area (TPSA) is 83.0 Å². The van der Waals surface area contributed by atoms with Gasteiger partial charge in [-0.15, -0.1) is 24.0 Å². The van der Waals surface area contributed by atoms with Gasteiger partial charge in [0.05, 0.1) is 12.9 Å². The van der Waals surface area contributed by atoms with Crippen molar-refractivity contribution in [2.45, 2.75) is 45.7 Å². The second-order valence-corrected chi connectivity index (χ2v) is 8.87. The summed E-state index contributed by atoms with van der Waals surface area (Å²) in [5.41, 5.74) is 2.23. The van der Waals surface area contributed by atoms with Crippen LogP contribution in [0.4, 0.5) is 0 Å². The minimum Gasteiger partial charge on any atom is -0.493 e. The summed E-state index contributed by atoms with van der Waals surface area (Å²) in [6.45, 7) is 6.54. The normalized spacial score (nSPS) is 17.9. The first kappa shape index (κ1) is 25.0. The van der Waals surface area contributed by atoms with E-state index in [1.807, 2.05) is 13.0 Å². The molecule has 1 fully saturated rings. The Bertz CT molecular complexity index is 756. The molecule has 9 heteroatoms. The van der Waals surface area contributed by atoms with Gasteiger partial charge in [-0.1, -0.05) is 19.1 Å². The highest BCUT2D eigenvalue weighted by Gasteiger charge is 2.31. The molecule has 1 aliphatic rings. The fourth-order valence-electron chi connectivity index (χ4n) is 3.22. The van der Waals surface area contributed by atoms with Gasteiger partial charge in [-0.25, -0.2) is 8.42 Å². The molecule has 0 aromatic heterocycles. The van der Waals surface area contributed by atoms with Crippen molar-refractivity contribution >= 4 is 40.0 Å². The lowest BCUT2D eigenvalue weighted by atomic mass is 10.1. The second kappa shape index (κ2) is 11.8. The van der Waals surface area contributed by atoms with Crippen LogP contribution >= 0.6 is 24.0 Å². The van der Waals surface area contributed by atoms with E-state index in [4.69, 9.17) is 4.74 Å². The van der Waals surface area contributed by atoms with Crippen molar-refractivity contribution in [2.24, 2.45) is 4.99 Å². The van der Waals surface area contributed by atoms with Crippen LogP contribution in [-0.4, -0.2) is 57.7 Å². The third kappa shape index (κ3) is 7.40. The summed E-state index contributed by atoms with van der Waals surface area (Å²) in [5.74, 6) is 1.54. The molecule has 0 bridgehead atoms. The van der Waals surface area contributed by atoms with Crippen molar-refractivity contribution in [1.29, 1.82) is 0 Å². The van der Waals surface area contributed by atoms with E-state index in [2.05, 4.69) is 34.7 Å². The molecule has 0 amide bonds. The van der Waals surface area contributed by atoms with E-state index >= 15 is 0 Å². The Morgan fingerprint density at radius 3 is 2.75 bits per heavy atom. The van der Waals surface area contributed by atoms with E-state index in [9.17, 15) is 8.42 Å². The number of rotatable bonds is 8. The van der Waals surface area contributed by atoms with E-state index in [-0.39, 0.29) is 30.0 Å². The van der Waals surface area contributed by atoms with Gasteiger partial charge >= 0.3 is 0 Å². The lowest BCUT2D eigenvalue weighted by Crippen LogP contribution is -2.46. The summed E-state index contributed by atoms with van der Waals surface area (Å²) in [5, 5.41) is 6.54. The molecule has 2 rings (SSSR count). The number of nitrogens with zero attached hydrogens (tertiary/aromatic N) is 2. The van der Waals surface area contributed by atoms with Gasteiger partial charge in [0.2, 0.25) is 10.0 Å². The van der Waals surface area contributed by atoms with E-state index in [0.717, 1.165) is 36.1 Å². The molecule has 7 nitrogen and oxygen atoms in total. The predicted octanol–water partition coefficient (Wildman–Crippen LogP) is 2.49. The van der Waals surface area contributed by atoms with E-state index in [1.54, 1.807) is 11.4 Å². The molecule has 1 aliphatic heterocycles. The Morgan fingerprint density at radius 2 is 2.11 bits per heavy atom. The summed E-state index contributed by atoms with van der Waals surface area (Å²) in [6.07, 6.45) is 3.99. The zero-order valence-corrected chi connectivity index (χ0v) is 20.3. The molecule has 0 radical (unpaired) electrons. The monoisotopic (exact) mass is 524 g/mol. The van der Waals surface area contributed by atoms with Crippen molar-refractivity contribution in [2.75, 3.05) is 33.0 Å². The number of ether oxygens (including phenoxy) is 1. The van der Waals surface area contributed by atoms with Crippen molar-refractivity contribution in [1.82, 2.24) is 14.9 Å². The summed E-state index contributed by atoms with van der Waals surface area (Å²) in [7, 11) is -1.45. The van der Waals surface area contributed by atoms with Crippen LogP contribution in [0.1, 0.15) is 37.3 Å². The minimum atomic E-state index is -3.16. The number of halogens is 1. The average molecular weight is 524 g/mol. The highest BCUT2D eigenvalue weighted by Crippen LogP contribution is 2.21. The molecule has 28 heavy (non-hydrogen) atoms. The Hall–Kier alpha value is -1.07. The molecule has 1 atom stereocenters. The zero-order chi connectivity index (χ0) is 19.9. The average Bonchev–Trinajstić information content (AvgIpc) is 3.10. The number of benzene rings is 1. The van der Waals surface area contributed by atoms with Crippen LogP contribution in [0.25, 0.3) is 0 Å². The van der Waals surface area contributed by atoms with Crippen molar-refractivity contribution in [3.05, 3.63) is 29.3 Å². The maximum absolute atomic E-state index is 11.9. The molecule has 1 heterocycles. The number of nitrogens with one attached hydrogen (secondary N) is 2. The van der Waals surface area contributed by atoms with Crippen LogP contribution in [0, 0.1) is 6.92 Å². The molecule has 0 unspecified atom stereocenters. The van der Waals surface area contributed by atoms with Crippen molar-refractivity contribution in [3.63, 3.8) is 0 Å². The highest BCUT2D eigenvalue weighted by atomic mass is 127. The number of aryl methyl sites for hydroxylation is 1. The number of aliphatic imine (C=N–C) groups is 1. The molecular weight excluding hydrogens is 491 g/mol. The second-order valence-electron chi connectivity index (χ2n) is 6.94. The van der Waals surface area contributed by atoms with Crippen LogP contribution < -0.4 is 15.4 Å². The van der Waals surface area contributed by atoms with Gasteiger partial charge in [0.15, 0.2) is 5.96 Å². The predicted molar refractivity (Wildman–Crippen MR) is 125 cm³/mol. The number of sulfonamides is 1. The summed E-state index contributed by atoms with van der Waals surface area (Å²) in [6, 6.07) is 6.14. The summed E-state index contributed by atoms with van der Waals surface area (Å²) < 4.78 is 31.1. The molecule has 2 N–H and O–H groups in total. The molecule has 0 saturated carbocycles. The third-order valence-corrected chi connectivity index (χ3v) is 5.94. The van der Waals surface area contributed by atoms with Crippen LogP contribution in [0.2, 0.25) is 0 Å². The van der Waals surface area contributed by atoms with E-state index in [1.165, 1.54) is 6.26 Å². The maximum atomic E-state index is 11.9. The summed E-state index contributed by atoms with van der Waals surface area (Å²) in [4.78, 5) is 4.25. The van der Waals surface area contributed by atoms with Gasteiger partial charge in [0, 0.05) is 38.3 Å². The van der Waals surface area contributed by atoms with Gasteiger partial charge in [0.1, 0.15) is 5.75 Å². The lowest BCUT2D eigenvalue weighted by Gasteiger charge is -2.23. The van der Waals surface area contributed by atoms with E-state index < -0.39 is 10.0 Å². The Balaban J connectivity index is 0.00000392. The summed E-state index contributed by atoms with van der Waals surface area (Å²) >= 11 is 0. The quantitative estimate of drug-likeness (QED) is 0.310. The highest BCUT2D eigenvalue weighted by molar-refractivity contribution is 14.0. The molecular formula is C19H33IN4O3S. The molecule has 1 aromatic carbocycles. The first-order valence-corrected chi connectivity index (χ1v) is 11.3. The number of hydrogen-bond donors (Lipinski definition) is 2.